The Labute approximate surface area is 206 Å². The summed E-state index contributed by atoms with van der Waals surface area (Å²) in [6, 6.07) is 6.50. The molecule has 180 valence electrons. The number of piperazine rings is 1. The van der Waals surface area contributed by atoms with Crippen LogP contribution in [0.15, 0.2) is 29.3 Å². The molecule has 2 heterocycles. The molecule has 8 nitrogen and oxygen atoms in total. The Morgan fingerprint density at radius 2 is 1.91 bits per heavy atom. The van der Waals surface area contributed by atoms with Crippen molar-refractivity contribution >= 4 is 41.5 Å². The molecule has 1 unspecified atom stereocenters. The van der Waals surface area contributed by atoms with Crippen molar-refractivity contribution < 1.29 is 18.7 Å². The van der Waals surface area contributed by atoms with Gasteiger partial charge in [0.1, 0.15) is 5.82 Å². The molecule has 2 saturated heterocycles. The number of hydrogen-bond acceptors (Lipinski definition) is 5. The number of anilines is 1. The van der Waals surface area contributed by atoms with Gasteiger partial charge in [0.05, 0.1) is 12.7 Å². The van der Waals surface area contributed by atoms with E-state index in [1.807, 2.05) is 4.90 Å². The summed E-state index contributed by atoms with van der Waals surface area (Å²) in [5.41, 5.74) is 0.993. The number of amides is 1. The molecule has 2 aliphatic rings. The highest BCUT2D eigenvalue weighted by Crippen LogP contribution is 2.17. The summed E-state index contributed by atoms with van der Waals surface area (Å²) in [5.74, 6) is 0.592. The van der Waals surface area contributed by atoms with Gasteiger partial charge in [-0.1, -0.05) is 0 Å². The predicted molar refractivity (Wildman–Crippen MR) is 134 cm³/mol. The molecule has 0 aromatic heterocycles. The number of aliphatic imine (C=N–C) groups is 1. The van der Waals surface area contributed by atoms with Gasteiger partial charge in [-0.3, -0.25) is 9.79 Å². The third kappa shape index (κ3) is 8.70. The Balaban J connectivity index is 0.00000363. The molecule has 1 aromatic rings. The number of ether oxygens (including phenoxy) is 2. The van der Waals surface area contributed by atoms with Gasteiger partial charge >= 0.3 is 0 Å². The number of benzene rings is 1. The molecule has 0 bridgehead atoms. The topological polar surface area (TPSA) is 78.4 Å². The molecule has 0 aliphatic carbocycles. The zero-order valence-electron chi connectivity index (χ0n) is 18.7. The summed E-state index contributed by atoms with van der Waals surface area (Å²) < 4.78 is 24.1. The highest BCUT2D eigenvalue weighted by molar-refractivity contribution is 14.0. The van der Waals surface area contributed by atoms with Gasteiger partial charge in [0.25, 0.3) is 0 Å². The zero-order chi connectivity index (χ0) is 21.9. The van der Waals surface area contributed by atoms with E-state index in [-0.39, 0.29) is 41.8 Å². The second-order valence-corrected chi connectivity index (χ2v) is 7.73. The fourth-order valence-corrected chi connectivity index (χ4v) is 3.71. The summed E-state index contributed by atoms with van der Waals surface area (Å²) in [5, 5.41) is 6.44. The molecule has 0 saturated carbocycles. The van der Waals surface area contributed by atoms with Gasteiger partial charge in [0.15, 0.2) is 5.96 Å². The van der Waals surface area contributed by atoms with E-state index in [9.17, 15) is 9.18 Å². The van der Waals surface area contributed by atoms with Gasteiger partial charge < -0.3 is 29.9 Å². The average molecular weight is 563 g/mol. The molecule has 10 heteroatoms. The van der Waals surface area contributed by atoms with Gasteiger partial charge in [0.2, 0.25) is 5.91 Å². The first-order valence-electron chi connectivity index (χ1n) is 11.1. The largest absolute Gasteiger partial charge is 0.379 e. The van der Waals surface area contributed by atoms with Crippen LogP contribution in [0.4, 0.5) is 10.1 Å². The van der Waals surface area contributed by atoms with Crippen LogP contribution < -0.4 is 15.5 Å². The molecule has 2 N–H and O–H groups in total. The number of carbonyl (C=O) groups is 1. The lowest BCUT2D eigenvalue weighted by Gasteiger charge is -2.36. The van der Waals surface area contributed by atoms with E-state index in [1.165, 1.54) is 12.1 Å². The lowest BCUT2D eigenvalue weighted by molar-refractivity contribution is -0.131. The minimum Gasteiger partial charge on any atom is -0.379 e. The number of rotatable bonds is 9. The fraction of sp³-hybridized carbons (Fsp3) is 0.636. The molecule has 2 fully saturated rings. The van der Waals surface area contributed by atoms with E-state index in [4.69, 9.17) is 9.47 Å². The lowest BCUT2D eigenvalue weighted by atomic mass is 10.2. The van der Waals surface area contributed by atoms with Crippen molar-refractivity contribution in [1.82, 2.24) is 15.5 Å². The first-order chi connectivity index (χ1) is 15.2. The molecule has 3 rings (SSSR count). The highest BCUT2D eigenvalue weighted by atomic mass is 127. The lowest BCUT2D eigenvalue weighted by Crippen LogP contribution is -2.49. The van der Waals surface area contributed by atoms with E-state index in [2.05, 4.69) is 20.5 Å². The normalized spacial score (nSPS) is 18.9. The van der Waals surface area contributed by atoms with Gasteiger partial charge in [-0.25, -0.2) is 4.39 Å². The maximum atomic E-state index is 13.1. The van der Waals surface area contributed by atoms with Crippen LogP contribution in [0.1, 0.15) is 19.3 Å². The zero-order valence-corrected chi connectivity index (χ0v) is 21.1. The van der Waals surface area contributed by atoms with Crippen LogP contribution in [0.25, 0.3) is 0 Å². The van der Waals surface area contributed by atoms with Crippen LogP contribution in [0.2, 0.25) is 0 Å². The SMILES string of the molecule is CN=C(NCCCOC1CCOC1)NCCC(=O)N1CCN(c2ccc(F)cc2)CC1.I. The Morgan fingerprint density at radius 3 is 2.56 bits per heavy atom. The van der Waals surface area contributed by atoms with Crippen LogP contribution in [0.3, 0.4) is 0 Å². The van der Waals surface area contributed by atoms with Crippen molar-refractivity contribution in [2.45, 2.75) is 25.4 Å². The average Bonchev–Trinajstić information content (AvgIpc) is 3.32. The Bertz CT molecular complexity index is 708. The third-order valence-electron chi connectivity index (χ3n) is 5.53. The number of nitrogens with zero attached hydrogens (tertiary/aromatic N) is 3. The molecule has 0 spiro atoms. The first kappa shape index (κ1) is 26.6. The maximum Gasteiger partial charge on any atom is 0.224 e. The van der Waals surface area contributed by atoms with Gasteiger partial charge in [-0.2, -0.15) is 0 Å². The van der Waals surface area contributed by atoms with Gasteiger partial charge in [-0.15, -0.1) is 24.0 Å². The number of guanidine groups is 1. The van der Waals surface area contributed by atoms with E-state index in [1.54, 1.807) is 19.2 Å². The highest BCUT2D eigenvalue weighted by Gasteiger charge is 2.21. The summed E-state index contributed by atoms with van der Waals surface area (Å²) in [7, 11) is 1.72. The third-order valence-corrected chi connectivity index (χ3v) is 5.53. The number of nitrogens with one attached hydrogen (secondary N) is 2. The second kappa shape index (κ2) is 14.5. The van der Waals surface area contributed by atoms with Gasteiger partial charge in [0, 0.05) is 71.6 Å². The van der Waals surface area contributed by atoms with E-state index in [0.29, 0.717) is 45.2 Å². The molecule has 2 aliphatic heterocycles. The smallest absolute Gasteiger partial charge is 0.224 e. The van der Waals surface area contributed by atoms with Crippen molar-refractivity contribution in [3.05, 3.63) is 30.1 Å². The van der Waals surface area contributed by atoms with Crippen LogP contribution in [-0.2, 0) is 14.3 Å². The quantitative estimate of drug-likeness (QED) is 0.207. The van der Waals surface area contributed by atoms with Crippen molar-refractivity contribution in [3.8, 4) is 0 Å². The number of carbonyl (C=O) groups excluding carboxylic acids is 1. The summed E-state index contributed by atoms with van der Waals surface area (Å²) >= 11 is 0. The summed E-state index contributed by atoms with van der Waals surface area (Å²) in [6.07, 6.45) is 2.52. The minimum absolute atomic E-state index is 0. The van der Waals surface area contributed by atoms with Crippen molar-refractivity contribution in [1.29, 1.82) is 0 Å². The monoisotopic (exact) mass is 563 g/mol. The number of hydrogen-bond donors (Lipinski definition) is 2. The van der Waals surface area contributed by atoms with Gasteiger partial charge in [-0.05, 0) is 37.1 Å². The van der Waals surface area contributed by atoms with E-state index in [0.717, 1.165) is 44.8 Å². The molecule has 1 amide bonds. The molecular weight excluding hydrogens is 528 g/mol. The molecular formula is C22H35FIN5O3. The molecule has 1 aromatic carbocycles. The first-order valence-corrected chi connectivity index (χ1v) is 11.1. The molecule has 32 heavy (non-hydrogen) atoms. The van der Waals surface area contributed by atoms with Crippen LogP contribution in [0.5, 0.6) is 0 Å². The fourth-order valence-electron chi connectivity index (χ4n) is 3.71. The van der Waals surface area contributed by atoms with E-state index >= 15 is 0 Å². The molecule has 0 radical (unpaired) electrons. The van der Waals surface area contributed by atoms with Crippen LogP contribution in [-0.4, -0.2) is 89.0 Å². The second-order valence-electron chi connectivity index (χ2n) is 7.73. The Morgan fingerprint density at radius 1 is 1.19 bits per heavy atom. The Kier molecular flexibility index (Phi) is 12.0. The maximum absolute atomic E-state index is 13.1. The van der Waals surface area contributed by atoms with E-state index < -0.39 is 0 Å². The Hall–Kier alpha value is -1.66. The van der Waals surface area contributed by atoms with Crippen molar-refractivity contribution in [2.24, 2.45) is 4.99 Å². The standard InChI is InChI=1S/C22H34FN5O3.HI/c1-24-22(25-9-2-15-31-20-8-16-30-17-20)26-10-7-21(29)28-13-11-27(12-14-28)19-5-3-18(23)4-6-19;/h3-6,20H,2,7-17H2,1H3,(H2,24,25,26);1H. The predicted octanol–water partition coefficient (Wildman–Crippen LogP) is 1.84. The van der Waals surface area contributed by atoms with Crippen LogP contribution in [0, 0.1) is 5.82 Å². The molecule has 1 atom stereocenters. The van der Waals surface area contributed by atoms with Crippen molar-refractivity contribution in [2.75, 3.05) is 71.0 Å². The summed E-state index contributed by atoms with van der Waals surface area (Å²) in [4.78, 5) is 20.8. The van der Waals surface area contributed by atoms with Crippen molar-refractivity contribution in [3.63, 3.8) is 0 Å². The van der Waals surface area contributed by atoms with Crippen LogP contribution >= 0.6 is 24.0 Å². The number of halogens is 2. The minimum atomic E-state index is -0.234. The summed E-state index contributed by atoms with van der Waals surface area (Å²) in [6.45, 7) is 6.34.